The highest BCUT2D eigenvalue weighted by Crippen LogP contribution is 2.71. The van der Waals surface area contributed by atoms with E-state index in [-0.39, 0.29) is 79.0 Å². The number of rotatable bonds is 36. The van der Waals surface area contributed by atoms with Crippen molar-refractivity contribution in [3.05, 3.63) is 130 Å². The minimum atomic E-state index is -0.960. The summed E-state index contributed by atoms with van der Waals surface area (Å²) < 4.78 is 51.6. The van der Waals surface area contributed by atoms with Gasteiger partial charge in [-0.05, 0) is 243 Å². The summed E-state index contributed by atoms with van der Waals surface area (Å²) in [5.74, 6) is 2.70. The number of amidine groups is 2. The molecular formula is C93H132N16O14. The number of likely N-dealkylation sites (tertiary alicyclic amines) is 2. The third-order valence-corrected chi connectivity index (χ3v) is 29.4. The van der Waals surface area contributed by atoms with E-state index < -0.39 is 82.0 Å². The van der Waals surface area contributed by atoms with Gasteiger partial charge in [-0.1, -0.05) is 56.7 Å². The number of amides is 4. The van der Waals surface area contributed by atoms with Crippen molar-refractivity contribution in [3.8, 4) is 34.5 Å². The van der Waals surface area contributed by atoms with Gasteiger partial charge in [0.15, 0.2) is 35.2 Å². The summed E-state index contributed by atoms with van der Waals surface area (Å²) in [6.07, 6.45) is 10.7. The van der Waals surface area contributed by atoms with Crippen molar-refractivity contribution >= 4 is 47.6 Å². The number of hydrogen-bond acceptors (Lipinski definition) is 24. The molecule has 4 fully saturated rings. The number of benzene rings is 4. The van der Waals surface area contributed by atoms with E-state index in [4.69, 9.17) is 71.6 Å². The monoisotopic (exact) mass is 1700 g/mol. The fourth-order valence-electron chi connectivity index (χ4n) is 22.0. The standard InChI is InChI=1S/C93H132N16O14/c1-88(2,84(112)118-65-24-18-58(19-25-65)48-74(96)97)34-40-102(7)54-62(16-13-14-38-94)82(110)100-52-63-55-106(44-46-108(63)86(114)120-70-30-32-90(5)72-50-60-22-28-68(116-11)78-76(60)92(90,80(70)122-78)36-42-104(72)9)57-107-45-47-109(87(115)121-71-31-33-91(6)73-51-61-23-29-69(117-12)79-77(61)93(91,81(71)123-79)37-43-105(73)10)64(56-107)53-101-83(111)67(17-15-39-95)103(8)41-35-89(3,4)85(113)119-66-26-20-59(21-27-66)49-75(98)99/h18-31,62-64,67,72-73,80-81H,13-17,32-57,94-95H2,1-12H3,(H3,96,97)(H3,98,99)(H,100,110)(H,101,111)/t62-,63?,64?,67-,72-,73-,80+,81+,90+,91+,92+,93+/m1/s1. The first-order valence-corrected chi connectivity index (χ1v) is 44.3. The topological polar surface area (TPSA) is 378 Å². The third kappa shape index (κ3) is 17.6. The quantitative estimate of drug-likeness (QED) is 0.00712. The Morgan fingerprint density at radius 3 is 1.46 bits per heavy atom. The molecule has 2 unspecified atom stereocenters. The molecule has 4 aliphatic carbocycles. The van der Waals surface area contributed by atoms with Crippen molar-refractivity contribution in [2.45, 2.75) is 191 Å². The van der Waals surface area contributed by atoms with E-state index in [2.05, 4.69) is 87.4 Å². The van der Waals surface area contributed by atoms with Crippen molar-refractivity contribution in [2.24, 2.45) is 50.5 Å². The second kappa shape index (κ2) is 36.7. The number of carbonyl (C=O) groups excluding carboxylic acids is 6. The van der Waals surface area contributed by atoms with Gasteiger partial charge in [-0.3, -0.25) is 44.7 Å². The molecule has 6 aliphatic heterocycles. The number of likely N-dealkylation sites (N-methyl/N-ethyl adjacent to an activating group) is 3. The smallest absolute Gasteiger partial charge is 0.415 e. The van der Waals surface area contributed by atoms with Crippen molar-refractivity contribution in [1.82, 2.24) is 49.8 Å². The number of piperidine rings is 2. The van der Waals surface area contributed by atoms with Gasteiger partial charge in [0.1, 0.15) is 23.0 Å². The molecule has 0 radical (unpaired) electrons. The van der Waals surface area contributed by atoms with Crippen LogP contribution in [-0.2, 0) is 65.2 Å². The molecule has 4 aromatic carbocycles. The van der Waals surface area contributed by atoms with Gasteiger partial charge >= 0.3 is 24.1 Å². The van der Waals surface area contributed by atoms with Crippen LogP contribution in [0.1, 0.15) is 146 Å². The number of nitrogens with two attached hydrogens (primary N) is 4. The largest absolute Gasteiger partial charge is 0.493 e. The van der Waals surface area contributed by atoms with Gasteiger partial charge in [-0.2, -0.15) is 0 Å². The summed E-state index contributed by atoms with van der Waals surface area (Å²) in [4.78, 5) is 106. The average molecular weight is 1700 g/mol. The molecule has 12 atom stereocenters. The van der Waals surface area contributed by atoms with E-state index in [9.17, 15) is 9.59 Å². The van der Waals surface area contributed by atoms with Crippen molar-refractivity contribution < 1.29 is 66.7 Å². The Bertz CT molecular complexity index is 4680. The van der Waals surface area contributed by atoms with E-state index >= 15 is 19.2 Å². The summed E-state index contributed by atoms with van der Waals surface area (Å²) in [5.41, 5.74) is 26.6. The van der Waals surface area contributed by atoms with Crippen LogP contribution in [0, 0.1) is 38.4 Å². The minimum absolute atomic E-state index is 0.0294. The van der Waals surface area contributed by atoms with Crippen molar-refractivity contribution in [1.29, 1.82) is 10.8 Å². The van der Waals surface area contributed by atoms with Crippen LogP contribution in [0.2, 0.25) is 0 Å². The molecule has 0 saturated carbocycles. The molecule has 12 N–H and O–H groups in total. The first-order valence-electron chi connectivity index (χ1n) is 44.3. The first-order chi connectivity index (χ1) is 58.7. The Hall–Kier alpha value is -9.40. The predicted molar refractivity (Wildman–Crippen MR) is 468 cm³/mol. The van der Waals surface area contributed by atoms with Gasteiger partial charge in [-0.25, -0.2) is 9.59 Å². The second-order valence-electron chi connectivity index (χ2n) is 38.2. The zero-order chi connectivity index (χ0) is 87.8. The summed E-state index contributed by atoms with van der Waals surface area (Å²) in [7, 11) is 11.5. The minimum Gasteiger partial charge on any atom is -0.493 e. The highest BCUT2D eigenvalue weighted by Gasteiger charge is 2.72. The number of piperazine rings is 2. The van der Waals surface area contributed by atoms with Crippen LogP contribution < -0.4 is 62.0 Å². The number of methoxy groups -OCH3 is 2. The third-order valence-electron chi connectivity index (χ3n) is 29.4. The number of carbonyl (C=O) groups is 6. The average Bonchev–Trinajstić information content (AvgIpc) is 1.54. The molecule has 10 aliphatic rings. The molecule has 30 heteroatoms. The molecule has 30 nitrogen and oxygen atoms in total. The number of hydrogen-bond donors (Lipinski definition) is 8. The van der Waals surface area contributed by atoms with E-state index in [1.54, 1.807) is 72.6 Å². The van der Waals surface area contributed by atoms with Gasteiger partial charge in [0.2, 0.25) is 11.8 Å². The Morgan fingerprint density at radius 1 is 0.577 bits per heavy atom. The predicted octanol–water partition coefficient (Wildman–Crippen LogP) is 7.66. The van der Waals surface area contributed by atoms with Gasteiger partial charge in [-0.15, -0.1) is 0 Å². The SMILES string of the molecule is COc1ccc2c3c1O[C@H]1C(OC(=O)N4CCN(CN5CCN(C(=O)OC6=CC[C@@]7(C)[C@H]8Cc9ccc(OC)c%10c9[C@@]7(CCN8C)[C@H]6O%10)C(CNC(=O)[C@@H](CCCN)N(C)CCC(C)(C)C(=O)Oc6ccc(CC(=N)N)cc6)C5)CC4CNC(=O)[C@H](CCCCN)CN(C)CCC(C)(C)C(=O)Oc4ccc(CC(=N)N)cc4)=CC[C@@]4(C)[C@@H](C2)N(C)CC[C@]314. The molecule has 668 valence electrons. The number of unbranched alkanes of at least 4 members (excludes halogenated alkanes) is 1. The van der Waals surface area contributed by atoms with Crippen LogP contribution in [-0.4, -0.2) is 276 Å². The number of esters is 2. The Labute approximate surface area is 724 Å². The maximum atomic E-state index is 15.6. The summed E-state index contributed by atoms with van der Waals surface area (Å²) in [6, 6.07) is 20.8. The Morgan fingerprint density at radius 2 is 1.02 bits per heavy atom. The van der Waals surface area contributed by atoms with Crippen LogP contribution in [0.3, 0.4) is 0 Å². The van der Waals surface area contributed by atoms with E-state index in [0.717, 1.165) is 61.0 Å². The molecule has 14 rings (SSSR count). The molecule has 4 aromatic rings. The molecular weight excluding hydrogens is 1570 g/mol. The molecule has 4 bridgehead atoms. The number of nitrogens with zero attached hydrogens (tertiary/aromatic N) is 8. The Kier molecular flexibility index (Phi) is 26.8. The maximum absolute atomic E-state index is 15.6. The van der Waals surface area contributed by atoms with E-state index in [0.29, 0.717) is 176 Å². The van der Waals surface area contributed by atoms with Crippen molar-refractivity contribution in [2.75, 3.05) is 147 Å². The fourth-order valence-corrected chi connectivity index (χ4v) is 22.0. The van der Waals surface area contributed by atoms with Crippen LogP contribution in [0.5, 0.6) is 34.5 Å². The lowest BCUT2D eigenvalue weighted by molar-refractivity contribution is -0.145. The molecule has 123 heavy (non-hydrogen) atoms. The zero-order valence-electron chi connectivity index (χ0n) is 74.2. The van der Waals surface area contributed by atoms with Crippen molar-refractivity contribution in [3.63, 3.8) is 0 Å². The van der Waals surface area contributed by atoms with Crippen LogP contribution in [0.4, 0.5) is 9.59 Å². The molecule has 4 amide bonds. The fraction of sp³-hybridized carbons (Fsp3) is 0.613. The molecule has 6 heterocycles. The van der Waals surface area contributed by atoms with E-state index in [1.165, 1.54) is 11.1 Å². The normalized spacial score (nSPS) is 26.2. The summed E-state index contributed by atoms with van der Waals surface area (Å²) in [6.45, 7) is 18.3. The lowest BCUT2D eigenvalue weighted by Gasteiger charge is -2.63. The van der Waals surface area contributed by atoms with Gasteiger partial charge in [0.25, 0.3) is 0 Å². The highest BCUT2D eigenvalue weighted by atomic mass is 16.6. The van der Waals surface area contributed by atoms with Gasteiger partial charge in [0, 0.05) is 106 Å². The summed E-state index contributed by atoms with van der Waals surface area (Å²) >= 11 is 0. The number of ether oxygens (including phenoxy) is 8. The Balaban J connectivity index is 0.710. The van der Waals surface area contributed by atoms with Gasteiger partial charge in [0.05, 0.1) is 78.3 Å². The number of nitrogens with one attached hydrogen (secondary N) is 4. The van der Waals surface area contributed by atoms with Crippen LogP contribution in [0.15, 0.2) is 96.5 Å². The highest BCUT2D eigenvalue weighted by molar-refractivity contribution is 5.83. The molecule has 0 aromatic heterocycles. The molecule has 4 saturated heterocycles. The van der Waals surface area contributed by atoms with Gasteiger partial charge < -0.3 is 96.0 Å². The first kappa shape index (κ1) is 89.9. The second-order valence-corrected chi connectivity index (χ2v) is 38.2. The van der Waals surface area contributed by atoms with Crippen LogP contribution in [0.25, 0.3) is 0 Å². The lowest BCUT2D eigenvalue weighted by Crippen LogP contribution is -2.69. The zero-order valence-corrected chi connectivity index (χ0v) is 74.2. The van der Waals surface area contributed by atoms with E-state index in [1.807, 2.05) is 58.8 Å². The summed E-state index contributed by atoms with van der Waals surface area (Å²) in [5, 5.41) is 22.0. The number of allylic oxidation sites excluding steroid dienone is 2. The lowest BCUT2D eigenvalue weighted by atomic mass is 9.45. The molecule has 2 spiro atoms. The maximum Gasteiger partial charge on any atom is 0.415 e. The van der Waals surface area contributed by atoms with Crippen LogP contribution >= 0.6 is 0 Å².